The predicted octanol–water partition coefficient (Wildman–Crippen LogP) is 2.40. The number of ether oxygens (including phenoxy) is 1. The van der Waals surface area contributed by atoms with Crippen LogP contribution in [0.3, 0.4) is 0 Å². The van der Waals surface area contributed by atoms with Crippen LogP contribution in [0, 0.1) is 5.92 Å². The number of aliphatic hydroxyl groups is 1. The zero-order valence-corrected chi connectivity index (χ0v) is 9.15. The van der Waals surface area contributed by atoms with Crippen LogP contribution in [0.4, 0.5) is 0 Å². The highest BCUT2D eigenvalue weighted by Gasteiger charge is 2.25. The molecule has 0 heterocycles. The second kappa shape index (κ2) is 4.67. The van der Waals surface area contributed by atoms with Crippen molar-refractivity contribution in [3.63, 3.8) is 0 Å². The van der Waals surface area contributed by atoms with Crippen LogP contribution < -0.4 is 4.74 Å². The summed E-state index contributed by atoms with van der Waals surface area (Å²) in [6.07, 6.45) is 4.07. The highest BCUT2D eigenvalue weighted by atomic mass is 16.5. The number of methoxy groups -OCH3 is 1. The molecule has 2 atom stereocenters. The van der Waals surface area contributed by atoms with Crippen molar-refractivity contribution in [1.82, 2.24) is 0 Å². The molecule has 0 amide bonds. The van der Waals surface area contributed by atoms with Crippen molar-refractivity contribution in [3.05, 3.63) is 29.8 Å². The Hall–Kier alpha value is -1.02. The molecule has 2 heteroatoms. The van der Waals surface area contributed by atoms with E-state index < -0.39 is 0 Å². The fourth-order valence-electron chi connectivity index (χ4n) is 2.41. The Morgan fingerprint density at radius 2 is 2.13 bits per heavy atom. The van der Waals surface area contributed by atoms with Crippen molar-refractivity contribution in [2.24, 2.45) is 5.92 Å². The first kappa shape index (κ1) is 10.5. The molecule has 0 unspecified atom stereocenters. The van der Waals surface area contributed by atoms with Gasteiger partial charge in [0.2, 0.25) is 0 Å². The van der Waals surface area contributed by atoms with Gasteiger partial charge in [-0.1, -0.05) is 24.6 Å². The molecule has 0 bridgehead atoms. The Morgan fingerprint density at radius 3 is 2.80 bits per heavy atom. The van der Waals surface area contributed by atoms with Crippen molar-refractivity contribution in [2.45, 2.75) is 31.8 Å². The van der Waals surface area contributed by atoms with E-state index in [2.05, 4.69) is 6.07 Å². The Morgan fingerprint density at radius 1 is 1.33 bits per heavy atom. The number of para-hydroxylation sites is 1. The van der Waals surface area contributed by atoms with Gasteiger partial charge in [0, 0.05) is 0 Å². The molecule has 2 rings (SSSR count). The van der Waals surface area contributed by atoms with Crippen molar-refractivity contribution in [1.29, 1.82) is 0 Å². The Kier molecular flexibility index (Phi) is 3.27. The van der Waals surface area contributed by atoms with Crippen molar-refractivity contribution < 1.29 is 9.84 Å². The van der Waals surface area contributed by atoms with E-state index in [1.165, 1.54) is 5.56 Å². The SMILES string of the molecule is COc1ccccc1C[C@@H]1CCC[C@H]1O. The Labute approximate surface area is 90.9 Å². The Bertz CT molecular complexity index is 322. The number of aliphatic hydroxyl groups excluding tert-OH is 1. The second-order valence-corrected chi connectivity index (χ2v) is 4.27. The normalized spacial score (nSPS) is 25.5. The van der Waals surface area contributed by atoms with Crippen LogP contribution in [-0.4, -0.2) is 18.3 Å². The van der Waals surface area contributed by atoms with Gasteiger partial charge in [-0.15, -0.1) is 0 Å². The zero-order valence-electron chi connectivity index (χ0n) is 9.15. The van der Waals surface area contributed by atoms with E-state index in [0.29, 0.717) is 5.92 Å². The largest absolute Gasteiger partial charge is 0.496 e. The molecule has 1 aliphatic rings. The first-order valence-electron chi connectivity index (χ1n) is 5.61. The standard InChI is InChI=1S/C13H18O2/c1-15-13-8-3-2-5-11(13)9-10-6-4-7-12(10)14/h2-3,5,8,10,12,14H,4,6-7,9H2,1H3/t10-,12+/m0/s1. The molecule has 1 fully saturated rings. The summed E-state index contributed by atoms with van der Waals surface area (Å²) < 4.78 is 5.31. The first-order valence-corrected chi connectivity index (χ1v) is 5.61. The van der Waals surface area contributed by atoms with Gasteiger partial charge in [0.25, 0.3) is 0 Å². The van der Waals surface area contributed by atoms with Gasteiger partial charge >= 0.3 is 0 Å². The zero-order chi connectivity index (χ0) is 10.7. The molecule has 1 aromatic carbocycles. The summed E-state index contributed by atoms with van der Waals surface area (Å²) in [6, 6.07) is 8.08. The van der Waals surface area contributed by atoms with Crippen LogP contribution in [0.15, 0.2) is 24.3 Å². The van der Waals surface area contributed by atoms with E-state index in [-0.39, 0.29) is 6.10 Å². The molecule has 0 spiro atoms. The molecule has 0 aliphatic heterocycles. The van der Waals surface area contributed by atoms with Gasteiger partial charge in [0.1, 0.15) is 5.75 Å². The van der Waals surface area contributed by atoms with Crippen molar-refractivity contribution in [2.75, 3.05) is 7.11 Å². The maximum absolute atomic E-state index is 9.77. The minimum atomic E-state index is -0.116. The molecule has 1 N–H and O–H groups in total. The molecule has 0 radical (unpaired) electrons. The molecule has 2 nitrogen and oxygen atoms in total. The van der Waals surface area contributed by atoms with Gasteiger partial charge < -0.3 is 9.84 Å². The van der Waals surface area contributed by atoms with E-state index >= 15 is 0 Å². The third-order valence-corrected chi connectivity index (χ3v) is 3.29. The van der Waals surface area contributed by atoms with Crippen LogP contribution in [0.25, 0.3) is 0 Å². The summed E-state index contributed by atoms with van der Waals surface area (Å²) in [7, 11) is 1.70. The fourth-order valence-corrected chi connectivity index (χ4v) is 2.41. The molecule has 1 saturated carbocycles. The lowest BCUT2D eigenvalue weighted by Gasteiger charge is -2.16. The maximum Gasteiger partial charge on any atom is 0.122 e. The minimum Gasteiger partial charge on any atom is -0.496 e. The van der Waals surface area contributed by atoms with Crippen LogP contribution in [0.5, 0.6) is 5.75 Å². The average Bonchev–Trinajstić information content (AvgIpc) is 2.65. The van der Waals surface area contributed by atoms with Gasteiger partial charge in [0.05, 0.1) is 13.2 Å². The topological polar surface area (TPSA) is 29.5 Å². The smallest absolute Gasteiger partial charge is 0.122 e. The average molecular weight is 206 g/mol. The number of hydrogen-bond acceptors (Lipinski definition) is 2. The summed E-state index contributed by atoms with van der Waals surface area (Å²) in [5.74, 6) is 1.36. The predicted molar refractivity (Wildman–Crippen MR) is 60.0 cm³/mol. The Balaban J connectivity index is 2.09. The molecule has 15 heavy (non-hydrogen) atoms. The molecular formula is C13H18O2. The lowest BCUT2D eigenvalue weighted by molar-refractivity contribution is 0.132. The van der Waals surface area contributed by atoms with E-state index in [4.69, 9.17) is 4.74 Å². The second-order valence-electron chi connectivity index (χ2n) is 4.27. The third-order valence-electron chi connectivity index (χ3n) is 3.29. The van der Waals surface area contributed by atoms with E-state index in [1.54, 1.807) is 7.11 Å². The summed E-state index contributed by atoms with van der Waals surface area (Å²) in [6.45, 7) is 0. The number of rotatable bonds is 3. The maximum atomic E-state index is 9.77. The number of benzene rings is 1. The molecule has 1 aromatic rings. The molecule has 1 aliphatic carbocycles. The minimum absolute atomic E-state index is 0.116. The first-order chi connectivity index (χ1) is 7.31. The highest BCUT2D eigenvalue weighted by molar-refractivity contribution is 5.33. The van der Waals surface area contributed by atoms with Crippen molar-refractivity contribution >= 4 is 0 Å². The van der Waals surface area contributed by atoms with Gasteiger partial charge in [0.15, 0.2) is 0 Å². The van der Waals surface area contributed by atoms with Crippen LogP contribution in [0.1, 0.15) is 24.8 Å². The highest BCUT2D eigenvalue weighted by Crippen LogP contribution is 2.31. The molecular weight excluding hydrogens is 188 g/mol. The summed E-state index contributed by atoms with van der Waals surface area (Å²) in [5, 5.41) is 9.77. The van der Waals surface area contributed by atoms with E-state index in [0.717, 1.165) is 31.4 Å². The van der Waals surface area contributed by atoms with Gasteiger partial charge in [-0.3, -0.25) is 0 Å². The third kappa shape index (κ3) is 2.32. The fraction of sp³-hybridized carbons (Fsp3) is 0.538. The molecule has 82 valence electrons. The van der Waals surface area contributed by atoms with Crippen LogP contribution >= 0.6 is 0 Å². The van der Waals surface area contributed by atoms with E-state index in [9.17, 15) is 5.11 Å². The van der Waals surface area contributed by atoms with E-state index in [1.807, 2.05) is 18.2 Å². The van der Waals surface area contributed by atoms with Crippen LogP contribution in [0.2, 0.25) is 0 Å². The summed E-state index contributed by atoms with van der Waals surface area (Å²) in [5.41, 5.74) is 1.21. The van der Waals surface area contributed by atoms with Gasteiger partial charge in [-0.2, -0.15) is 0 Å². The van der Waals surface area contributed by atoms with Crippen LogP contribution in [-0.2, 0) is 6.42 Å². The quantitative estimate of drug-likeness (QED) is 0.823. The summed E-state index contributed by atoms with van der Waals surface area (Å²) in [4.78, 5) is 0. The monoisotopic (exact) mass is 206 g/mol. The van der Waals surface area contributed by atoms with Crippen molar-refractivity contribution in [3.8, 4) is 5.75 Å². The molecule has 0 aromatic heterocycles. The van der Waals surface area contributed by atoms with Gasteiger partial charge in [-0.25, -0.2) is 0 Å². The lowest BCUT2D eigenvalue weighted by atomic mass is 9.96. The summed E-state index contributed by atoms with van der Waals surface area (Å²) >= 11 is 0. The van der Waals surface area contributed by atoms with Gasteiger partial charge in [-0.05, 0) is 36.8 Å². The lowest BCUT2D eigenvalue weighted by Crippen LogP contribution is -2.15. The number of hydrogen-bond donors (Lipinski definition) is 1. The molecule has 0 saturated heterocycles.